The van der Waals surface area contributed by atoms with Crippen LogP contribution in [0.4, 0.5) is 0 Å². The molecule has 2 nitrogen and oxygen atoms in total. The van der Waals surface area contributed by atoms with Gasteiger partial charge in [0.1, 0.15) is 0 Å². The summed E-state index contributed by atoms with van der Waals surface area (Å²) in [5, 5.41) is 3.36. The van der Waals surface area contributed by atoms with Crippen molar-refractivity contribution in [2.24, 2.45) is 0 Å². The second-order valence-corrected chi connectivity index (χ2v) is 3.30. The Morgan fingerprint density at radius 2 is 1.69 bits per heavy atom. The van der Waals surface area contributed by atoms with Crippen LogP contribution in [0.5, 0.6) is 0 Å². The molecule has 1 fully saturated rings. The predicted molar refractivity (Wildman–Crippen MR) is 63.3 cm³/mol. The summed E-state index contributed by atoms with van der Waals surface area (Å²) in [6, 6.07) is 0. The van der Waals surface area contributed by atoms with E-state index in [1.807, 2.05) is 0 Å². The van der Waals surface area contributed by atoms with Gasteiger partial charge >= 0.3 is 0 Å². The fourth-order valence-corrected chi connectivity index (χ4v) is 1.52. The Labute approximate surface area is 94.3 Å². The van der Waals surface area contributed by atoms with Crippen LogP contribution in [0.2, 0.25) is 0 Å². The molecule has 1 aliphatic rings. The average molecular weight is 229 g/mol. The van der Waals surface area contributed by atoms with Crippen molar-refractivity contribution >= 4 is 24.8 Å². The van der Waals surface area contributed by atoms with Crippen molar-refractivity contribution in [2.45, 2.75) is 26.2 Å². The molecule has 1 N–H and O–H groups in total. The number of halogens is 2. The first-order chi connectivity index (χ1) is 5.43. The van der Waals surface area contributed by atoms with Crippen LogP contribution in [-0.4, -0.2) is 37.6 Å². The minimum absolute atomic E-state index is 0. The highest BCUT2D eigenvalue weighted by Gasteiger charge is 2.07. The number of unbranched alkanes of at least 4 members (excludes halogenated alkanes) is 2. The second-order valence-electron chi connectivity index (χ2n) is 3.30. The van der Waals surface area contributed by atoms with E-state index in [1.165, 1.54) is 52.0 Å². The van der Waals surface area contributed by atoms with Crippen LogP contribution < -0.4 is 5.32 Å². The van der Waals surface area contributed by atoms with E-state index in [4.69, 9.17) is 0 Å². The Hall–Kier alpha value is 0.500. The number of nitrogens with zero attached hydrogens (tertiary/aromatic N) is 1. The van der Waals surface area contributed by atoms with Gasteiger partial charge in [-0.1, -0.05) is 19.8 Å². The lowest BCUT2D eigenvalue weighted by Gasteiger charge is -2.26. The molecule has 82 valence electrons. The summed E-state index contributed by atoms with van der Waals surface area (Å²) < 4.78 is 0. The smallest absolute Gasteiger partial charge is 0.0107 e. The topological polar surface area (TPSA) is 15.3 Å². The fourth-order valence-electron chi connectivity index (χ4n) is 1.52. The van der Waals surface area contributed by atoms with Crippen molar-refractivity contribution in [3.63, 3.8) is 0 Å². The first-order valence-electron chi connectivity index (χ1n) is 4.86. The van der Waals surface area contributed by atoms with E-state index >= 15 is 0 Å². The molecule has 0 aromatic rings. The van der Waals surface area contributed by atoms with Crippen molar-refractivity contribution in [1.29, 1.82) is 0 Å². The standard InChI is InChI=1S/C9H20N2.2ClH/c1-2-3-4-7-11-8-5-10-6-9-11;;/h10H,2-9H2,1H3;2*1H. The molecule has 1 heterocycles. The monoisotopic (exact) mass is 228 g/mol. The molecule has 0 aromatic heterocycles. The van der Waals surface area contributed by atoms with Gasteiger partial charge in [-0.2, -0.15) is 0 Å². The zero-order valence-corrected chi connectivity index (χ0v) is 10.1. The highest BCUT2D eigenvalue weighted by atomic mass is 35.5. The molecule has 0 amide bonds. The van der Waals surface area contributed by atoms with Crippen molar-refractivity contribution < 1.29 is 0 Å². The lowest BCUT2D eigenvalue weighted by atomic mass is 10.2. The summed E-state index contributed by atoms with van der Waals surface area (Å²) in [6.45, 7) is 8.46. The third-order valence-corrected chi connectivity index (χ3v) is 2.29. The number of hydrogen-bond donors (Lipinski definition) is 1. The van der Waals surface area contributed by atoms with Crippen molar-refractivity contribution in [3.05, 3.63) is 0 Å². The minimum atomic E-state index is 0. The van der Waals surface area contributed by atoms with Crippen LogP contribution in [0.25, 0.3) is 0 Å². The molecule has 4 heteroatoms. The Bertz CT molecular complexity index is 95.6. The van der Waals surface area contributed by atoms with Crippen molar-refractivity contribution in [3.8, 4) is 0 Å². The van der Waals surface area contributed by atoms with Gasteiger partial charge in [-0.3, -0.25) is 0 Å². The molecule has 1 aliphatic heterocycles. The predicted octanol–water partition coefficient (Wildman–Crippen LogP) is 1.93. The molecule has 0 bridgehead atoms. The molecule has 0 unspecified atom stereocenters. The van der Waals surface area contributed by atoms with Crippen LogP contribution >= 0.6 is 24.8 Å². The maximum Gasteiger partial charge on any atom is 0.0107 e. The SMILES string of the molecule is CCCCCN1CCNCC1.Cl.Cl. The van der Waals surface area contributed by atoms with E-state index in [1.54, 1.807) is 0 Å². The van der Waals surface area contributed by atoms with Gasteiger partial charge in [0.25, 0.3) is 0 Å². The molecule has 0 saturated carbocycles. The minimum Gasteiger partial charge on any atom is -0.314 e. The molecule has 0 spiro atoms. The summed E-state index contributed by atoms with van der Waals surface area (Å²) in [5.41, 5.74) is 0. The largest absolute Gasteiger partial charge is 0.314 e. The third-order valence-electron chi connectivity index (χ3n) is 2.29. The second kappa shape index (κ2) is 10.6. The Balaban J connectivity index is 0. The zero-order chi connectivity index (χ0) is 7.94. The lowest BCUT2D eigenvalue weighted by molar-refractivity contribution is 0.236. The summed E-state index contributed by atoms with van der Waals surface area (Å²) in [6.07, 6.45) is 4.12. The molecule has 0 atom stereocenters. The van der Waals surface area contributed by atoms with Gasteiger partial charge in [0.05, 0.1) is 0 Å². The van der Waals surface area contributed by atoms with Gasteiger partial charge in [0, 0.05) is 26.2 Å². The van der Waals surface area contributed by atoms with Crippen LogP contribution in [0.15, 0.2) is 0 Å². The van der Waals surface area contributed by atoms with Gasteiger partial charge in [0.15, 0.2) is 0 Å². The van der Waals surface area contributed by atoms with Gasteiger partial charge in [-0.25, -0.2) is 0 Å². The van der Waals surface area contributed by atoms with E-state index in [9.17, 15) is 0 Å². The Morgan fingerprint density at radius 3 is 2.23 bits per heavy atom. The fraction of sp³-hybridized carbons (Fsp3) is 1.00. The summed E-state index contributed by atoms with van der Waals surface area (Å²) in [7, 11) is 0. The maximum absolute atomic E-state index is 3.36. The van der Waals surface area contributed by atoms with Gasteiger partial charge < -0.3 is 10.2 Å². The van der Waals surface area contributed by atoms with Crippen molar-refractivity contribution in [2.75, 3.05) is 32.7 Å². The lowest BCUT2D eigenvalue weighted by Crippen LogP contribution is -2.43. The highest BCUT2D eigenvalue weighted by molar-refractivity contribution is 5.85. The van der Waals surface area contributed by atoms with E-state index < -0.39 is 0 Å². The Kier molecular flexibility index (Phi) is 13.0. The van der Waals surface area contributed by atoms with Crippen LogP contribution in [0.3, 0.4) is 0 Å². The van der Waals surface area contributed by atoms with E-state index in [0.29, 0.717) is 0 Å². The first kappa shape index (κ1) is 15.9. The number of piperazine rings is 1. The quantitative estimate of drug-likeness (QED) is 0.741. The normalized spacial score (nSPS) is 17.3. The highest BCUT2D eigenvalue weighted by Crippen LogP contribution is 1.98. The van der Waals surface area contributed by atoms with Gasteiger partial charge in [-0.15, -0.1) is 24.8 Å². The average Bonchev–Trinajstić information content (AvgIpc) is 2.07. The molecule has 0 aromatic carbocycles. The molecule has 0 radical (unpaired) electrons. The zero-order valence-electron chi connectivity index (χ0n) is 8.42. The summed E-state index contributed by atoms with van der Waals surface area (Å²) >= 11 is 0. The molecular formula is C9H22Cl2N2. The number of rotatable bonds is 4. The van der Waals surface area contributed by atoms with Crippen LogP contribution in [-0.2, 0) is 0 Å². The molecule has 13 heavy (non-hydrogen) atoms. The van der Waals surface area contributed by atoms with Crippen molar-refractivity contribution in [1.82, 2.24) is 10.2 Å². The Morgan fingerprint density at radius 1 is 1.08 bits per heavy atom. The molecule has 1 rings (SSSR count). The van der Waals surface area contributed by atoms with Crippen LogP contribution in [0.1, 0.15) is 26.2 Å². The molecular weight excluding hydrogens is 207 g/mol. The first-order valence-corrected chi connectivity index (χ1v) is 4.86. The molecule has 0 aliphatic carbocycles. The van der Waals surface area contributed by atoms with E-state index in [-0.39, 0.29) is 24.8 Å². The maximum atomic E-state index is 3.36. The third kappa shape index (κ3) is 7.56. The summed E-state index contributed by atoms with van der Waals surface area (Å²) in [4.78, 5) is 2.56. The van der Waals surface area contributed by atoms with E-state index in [0.717, 1.165) is 0 Å². The van der Waals surface area contributed by atoms with E-state index in [2.05, 4.69) is 17.1 Å². The van der Waals surface area contributed by atoms with Crippen LogP contribution in [0, 0.1) is 0 Å². The number of hydrogen-bond acceptors (Lipinski definition) is 2. The van der Waals surface area contributed by atoms with Gasteiger partial charge in [0.2, 0.25) is 0 Å². The molecule has 1 saturated heterocycles. The van der Waals surface area contributed by atoms with Gasteiger partial charge in [-0.05, 0) is 13.0 Å². The number of nitrogens with one attached hydrogen (secondary N) is 1. The summed E-state index contributed by atoms with van der Waals surface area (Å²) in [5.74, 6) is 0.